The summed E-state index contributed by atoms with van der Waals surface area (Å²) in [6.45, 7) is 1.94. The quantitative estimate of drug-likeness (QED) is 0.674. The number of anilines is 1. The first kappa shape index (κ1) is 14.9. The Bertz CT molecular complexity index is 394. The molecular formula is C13H20N2O2S. The number of aliphatic hydroxyl groups excluding tert-OH is 1. The van der Waals surface area contributed by atoms with Gasteiger partial charge in [0.15, 0.2) is 0 Å². The number of thioether (sulfide) groups is 1. The molecule has 0 aliphatic carbocycles. The van der Waals surface area contributed by atoms with Crippen molar-refractivity contribution in [1.82, 2.24) is 5.32 Å². The van der Waals surface area contributed by atoms with Crippen LogP contribution in [0.2, 0.25) is 0 Å². The number of nitrogens with one attached hydrogen (secondary N) is 1. The lowest BCUT2D eigenvalue weighted by atomic mass is 10.1. The lowest BCUT2D eigenvalue weighted by Crippen LogP contribution is -2.41. The first-order valence-corrected chi connectivity index (χ1v) is 7.13. The third-order valence-electron chi connectivity index (χ3n) is 2.84. The third kappa shape index (κ3) is 4.23. The zero-order valence-electron chi connectivity index (χ0n) is 10.7. The second-order valence-corrected chi connectivity index (χ2v) is 5.27. The molecule has 5 heteroatoms. The maximum absolute atomic E-state index is 11.9. The van der Waals surface area contributed by atoms with E-state index in [9.17, 15) is 4.79 Å². The van der Waals surface area contributed by atoms with Crippen LogP contribution in [0.1, 0.15) is 12.5 Å². The van der Waals surface area contributed by atoms with Crippen molar-refractivity contribution in [1.29, 1.82) is 0 Å². The number of nitrogens with two attached hydrogens (primary N) is 1. The lowest BCUT2D eigenvalue weighted by molar-refractivity contribution is -0.121. The number of aliphatic hydroxyl groups is 1. The number of hydrogen-bond donors (Lipinski definition) is 3. The minimum absolute atomic E-state index is 0.0158. The summed E-state index contributed by atoms with van der Waals surface area (Å²) in [5.41, 5.74) is 7.24. The Morgan fingerprint density at radius 3 is 2.72 bits per heavy atom. The molecule has 1 amide bonds. The van der Waals surface area contributed by atoms with Gasteiger partial charge in [-0.1, -0.05) is 18.2 Å². The average molecular weight is 268 g/mol. The molecule has 4 nitrogen and oxygen atoms in total. The van der Waals surface area contributed by atoms with Crippen molar-refractivity contribution in [3.63, 3.8) is 0 Å². The molecule has 100 valence electrons. The fraction of sp³-hybridized carbons (Fsp3) is 0.462. The van der Waals surface area contributed by atoms with E-state index in [1.807, 2.05) is 31.4 Å². The molecule has 1 aromatic carbocycles. The Hall–Kier alpha value is -1.20. The molecule has 0 radical (unpaired) electrons. The van der Waals surface area contributed by atoms with Gasteiger partial charge < -0.3 is 16.2 Å². The molecule has 1 rings (SSSR count). The van der Waals surface area contributed by atoms with E-state index < -0.39 is 0 Å². The molecule has 0 heterocycles. The topological polar surface area (TPSA) is 75.3 Å². The summed E-state index contributed by atoms with van der Waals surface area (Å²) < 4.78 is 0. The summed E-state index contributed by atoms with van der Waals surface area (Å²) in [6, 6.07) is 7.26. The van der Waals surface area contributed by atoms with E-state index in [4.69, 9.17) is 10.8 Å². The van der Waals surface area contributed by atoms with Crippen LogP contribution in [-0.4, -0.2) is 35.2 Å². The second-order valence-electron chi connectivity index (χ2n) is 4.19. The molecule has 2 unspecified atom stereocenters. The number of carbonyl (C=O) groups excluding carboxylic acids is 1. The van der Waals surface area contributed by atoms with Gasteiger partial charge in [0.05, 0.1) is 13.0 Å². The Morgan fingerprint density at radius 1 is 1.50 bits per heavy atom. The molecule has 0 fully saturated rings. The maximum Gasteiger partial charge on any atom is 0.224 e. The van der Waals surface area contributed by atoms with Gasteiger partial charge in [0.2, 0.25) is 5.91 Å². The molecule has 0 bridgehead atoms. The van der Waals surface area contributed by atoms with Crippen LogP contribution >= 0.6 is 11.8 Å². The molecule has 1 aromatic rings. The number of carbonyl (C=O) groups is 1. The summed E-state index contributed by atoms with van der Waals surface area (Å²) >= 11 is 1.54. The molecule has 2 atom stereocenters. The highest BCUT2D eigenvalue weighted by atomic mass is 32.2. The van der Waals surface area contributed by atoms with Gasteiger partial charge in [-0.3, -0.25) is 4.79 Å². The number of nitrogen functional groups attached to an aromatic ring is 1. The van der Waals surface area contributed by atoms with E-state index in [0.717, 1.165) is 5.56 Å². The minimum atomic E-state index is -0.0760. The van der Waals surface area contributed by atoms with Gasteiger partial charge in [-0.05, 0) is 24.8 Å². The van der Waals surface area contributed by atoms with Gasteiger partial charge in [-0.25, -0.2) is 0 Å². The van der Waals surface area contributed by atoms with Gasteiger partial charge in [0.1, 0.15) is 0 Å². The lowest BCUT2D eigenvalue weighted by Gasteiger charge is -2.21. The number of hydrogen-bond acceptors (Lipinski definition) is 4. The summed E-state index contributed by atoms with van der Waals surface area (Å²) in [4.78, 5) is 11.9. The van der Waals surface area contributed by atoms with Crippen LogP contribution in [0.3, 0.4) is 0 Å². The fourth-order valence-corrected chi connectivity index (χ4v) is 2.33. The van der Waals surface area contributed by atoms with Crippen LogP contribution in [0.25, 0.3) is 0 Å². The van der Waals surface area contributed by atoms with E-state index >= 15 is 0 Å². The minimum Gasteiger partial charge on any atom is -0.398 e. The van der Waals surface area contributed by atoms with Crippen LogP contribution in [0, 0.1) is 0 Å². The number of para-hydroxylation sites is 1. The van der Waals surface area contributed by atoms with Crippen LogP contribution < -0.4 is 11.1 Å². The van der Waals surface area contributed by atoms with Crippen molar-refractivity contribution < 1.29 is 9.90 Å². The fourth-order valence-electron chi connectivity index (χ4n) is 1.70. The highest BCUT2D eigenvalue weighted by molar-refractivity contribution is 7.99. The van der Waals surface area contributed by atoms with Gasteiger partial charge in [0.25, 0.3) is 0 Å². The van der Waals surface area contributed by atoms with E-state index in [1.165, 1.54) is 0 Å². The second kappa shape index (κ2) is 7.28. The van der Waals surface area contributed by atoms with Crippen LogP contribution in [0.4, 0.5) is 5.69 Å². The standard InChI is InChI=1S/C13H20N2O2S/c1-9(12(8-16)18-2)15-13(17)7-10-5-3-4-6-11(10)14/h3-6,9,12,16H,7-8,14H2,1-2H3,(H,15,17). The summed E-state index contributed by atoms with van der Waals surface area (Å²) in [5.74, 6) is -0.0760. The Kier molecular flexibility index (Phi) is 6.01. The van der Waals surface area contributed by atoms with Crippen LogP contribution in [-0.2, 0) is 11.2 Å². The van der Waals surface area contributed by atoms with Crippen LogP contribution in [0.5, 0.6) is 0 Å². The molecule has 0 aromatic heterocycles. The first-order chi connectivity index (χ1) is 8.58. The smallest absolute Gasteiger partial charge is 0.224 e. The third-order valence-corrected chi connectivity index (χ3v) is 4.00. The van der Waals surface area contributed by atoms with Crippen molar-refractivity contribution in [3.8, 4) is 0 Å². The Morgan fingerprint density at radius 2 is 2.17 bits per heavy atom. The van der Waals surface area contributed by atoms with Gasteiger partial charge in [0, 0.05) is 17.0 Å². The zero-order valence-corrected chi connectivity index (χ0v) is 11.5. The molecule has 18 heavy (non-hydrogen) atoms. The predicted octanol–water partition coefficient (Wildman–Crippen LogP) is 1.04. The molecular weight excluding hydrogens is 248 g/mol. The Balaban J connectivity index is 2.54. The first-order valence-electron chi connectivity index (χ1n) is 5.85. The maximum atomic E-state index is 11.9. The van der Waals surface area contributed by atoms with Gasteiger partial charge in [-0.15, -0.1) is 0 Å². The SMILES string of the molecule is CSC(CO)C(C)NC(=O)Cc1ccccc1N. The molecule has 0 aliphatic heterocycles. The Labute approximate surface area is 112 Å². The van der Waals surface area contributed by atoms with Crippen molar-refractivity contribution in [3.05, 3.63) is 29.8 Å². The molecule has 0 aliphatic rings. The summed E-state index contributed by atoms with van der Waals surface area (Å²) in [6.07, 6.45) is 2.18. The van der Waals surface area contributed by atoms with Crippen molar-refractivity contribution in [2.45, 2.75) is 24.6 Å². The van der Waals surface area contributed by atoms with E-state index in [2.05, 4.69) is 5.32 Å². The van der Waals surface area contributed by atoms with Gasteiger partial charge >= 0.3 is 0 Å². The van der Waals surface area contributed by atoms with E-state index in [-0.39, 0.29) is 30.2 Å². The molecule has 4 N–H and O–H groups in total. The van der Waals surface area contributed by atoms with E-state index in [1.54, 1.807) is 17.8 Å². The molecule has 0 saturated carbocycles. The highest BCUT2D eigenvalue weighted by Gasteiger charge is 2.17. The van der Waals surface area contributed by atoms with Gasteiger partial charge in [-0.2, -0.15) is 11.8 Å². The average Bonchev–Trinajstić information content (AvgIpc) is 2.33. The zero-order chi connectivity index (χ0) is 13.5. The molecule has 0 spiro atoms. The van der Waals surface area contributed by atoms with Crippen molar-refractivity contribution in [2.24, 2.45) is 0 Å². The number of amides is 1. The van der Waals surface area contributed by atoms with Crippen molar-refractivity contribution in [2.75, 3.05) is 18.6 Å². The normalized spacial score (nSPS) is 13.9. The number of rotatable bonds is 6. The molecule has 0 saturated heterocycles. The number of benzene rings is 1. The highest BCUT2D eigenvalue weighted by Crippen LogP contribution is 2.13. The van der Waals surface area contributed by atoms with Crippen LogP contribution in [0.15, 0.2) is 24.3 Å². The largest absolute Gasteiger partial charge is 0.398 e. The summed E-state index contributed by atoms with van der Waals surface area (Å²) in [5, 5.41) is 12.0. The van der Waals surface area contributed by atoms with E-state index in [0.29, 0.717) is 5.69 Å². The van der Waals surface area contributed by atoms with Crippen molar-refractivity contribution >= 4 is 23.4 Å². The monoisotopic (exact) mass is 268 g/mol. The predicted molar refractivity (Wildman–Crippen MR) is 76.6 cm³/mol. The summed E-state index contributed by atoms with van der Waals surface area (Å²) in [7, 11) is 0.